The van der Waals surface area contributed by atoms with Crippen molar-refractivity contribution in [1.82, 2.24) is 5.16 Å². The average Bonchev–Trinajstić information content (AvgIpc) is 2.76. The van der Waals surface area contributed by atoms with Crippen molar-refractivity contribution in [3.8, 4) is 11.3 Å². The highest BCUT2D eigenvalue weighted by molar-refractivity contribution is 5.86. The summed E-state index contributed by atoms with van der Waals surface area (Å²) < 4.78 is 31.1. The zero-order chi connectivity index (χ0) is 14.0. The van der Waals surface area contributed by atoms with Crippen molar-refractivity contribution in [2.45, 2.75) is 19.3 Å². The van der Waals surface area contributed by atoms with E-state index in [9.17, 15) is 13.6 Å². The smallest absolute Gasteiger partial charge is 0.358 e. The maximum absolute atomic E-state index is 13.1. The predicted octanol–water partition coefficient (Wildman–Crippen LogP) is 3.24. The Morgan fingerprint density at radius 3 is 2.68 bits per heavy atom. The molecule has 4 nitrogen and oxygen atoms in total. The van der Waals surface area contributed by atoms with E-state index < -0.39 is 18.3 Å². The van der Waals surface area contributed by atoms with Gasteiger partial charge in [0.1, 0.15) is 0 Å². The average molecular weight is 267 g/mol. The van der Waals surface area contributed by atoms with Crippen LogP contribution in [0.3, 0.4) is 0 Å². The molecule has 0 amide bonds. The number of nitrogens with zero attached hydrogens (tertiary/aromatic N) is 1. The number of aromatic carboxylic acids is 1. The Morgan fingerprint density at radius 2 is 2.11 bits per heavy atom. The van der Waals surface area contributed by atoms with Crippen LogP contribution in [-0.4, -0.2) is 22.2 Å². The number of carboxylic acids is 1. The maximum atomic E-state index is 13.1. The Bertz CT molecular complexity index is 602. The molecule has 1 aromatic carbocycles. The molecule has 0 unspecified atom stereocenters. The van der Waals surface area contributed by atoms with Gasteiger partial charge in [-0.3, -0.25) is 0 Å². The number of hydrogen-bond acceptors (Lipinski definition) is 3. The fraction of sp³-hybridized carbons (Fsp3) is 0.231. The fourth-order valence-electron chi connectivity index (χ4n) is 1.75. The summed E-state index contributed by atoms with van der Waals surface area (Å²) in [6, 6.07) is 7.66. The molecule has 2 aromatic rings. The van der Waals surface area contributed by atoms with Crippen LogP contribution in [0.4, 0.5) is 8.78 Å². The van der Waals surface area contributed by atoms with Gasteiger partial charge in [-0.1, -0.05) is 29.4 Å². The van der Waals surface area contributed by atoms with Gasteiger partial charge in [0.05, 0.1) is 0 Å². The number of hydrogen-bond donors (Lipinski definition) is 1. The van der Waals surface area contributed by atoms with E-state index in [1.54, 1.807) is 24.3 Å². The van der Waals surface area contributed by atoms with Crippen molar-refractivity contribution in [2.75, 3.05) is 0 Å². The molecule has 0 fully saturated rings. The Morgan fingerprint density at radius 1 is 1.42 bits per heavy atom. The molecule has 0 aliphatic heterocycles. The quantitative estimate of drug-likeness (QED) is 0.923. The monoisotopic (exact) mass is 267 g/mol. The van der Waals surface area contributed by atoms with Crippen LogP contribution in [0.2, 0.25) is 0 Å². The molecule has 100 valence electrons. The van der Waals surface area contributed by atoms with E-state index in [1.165, 1.54) is 6.07 Å². The molecular formula is C13H11F2NO3. The van der Waals surface area contributed by atoms with Crippen LogP contribution < -0.4 is 0 Å². The van der Waals surface area contributed by atoms with Gasteiger partial charge in [0.25, 0.3) is 0 Å². The van der Waals surface area contributed by atoms with Crippen LogP contribution in [0.25, 0.3) is 11.3 Å². The van der Waals surface area contributed by atoms with Gasteiger partial charge in [-0.05, 0) is 12.5 Å². The summed E-state index contributed by atoms with van der Waals surface area (Å²) in [6.45, 7) is 0.826. The zero-order valence-corrected chi connectivity index (χ0v) is 10.1. The summed E-state index contributed by atoms with van der Waals surface area (Å²) in [7, 11) is 0. The highest BCUT2D eigenvalue weighted by atomic mass is 19.3. The first-order valence-electron chi connectivity index (χ1n) is 5.53. The van der Waals surface area contributed by atoms with Crippen molar-refractivity contribution in [3.63, 3.8) is 0 Å². The first-order chi connectivity index (χ1) is 8.87. The molecule has 0 spiro atoms. The zero-order valence-electron chi connectivity index (χ0n) is 10.1. The van der Waals surface area contributed by atoms with Crippen molar-refractivity contribution < 1.29 is 23.2 Å². The number of carbonyl (C=O) groups is 1. The predicted molar refractivity (Wildman–Crippen MR) is 63.2 cm³/mol. The second kappa shape index (κ2) is 4.79. The van der Waals surface area contributed by atoms with Gasteiger partial charge in [0.2, 0.25) is 5.92 Å². The second-order valence-electron chi connectivity index (χ2n) is 4.29. The standard InChI is InChI=1S/C13H11F2NO3/c1-13(14,15)7-8-4-2-3-5-9(8)11-6-10(12(17)18)16-19-11/h2-6H,7H2,1H3,(H,17,18). The molecule has 19 heavy (non-hydrogen) atoms. The summed E-state index contributed by atoms with van der Waals surface area (Å²) in [5.74, 6) is -3.92. The van der Waals surface area contributed by atoms with Gasteiger partial charge in [-0.15, -0.1) is 0 Å². The largest absolute Gasteiger partial charge is 0.476 e. The Kier molecular flexibility index (Phi) is 3.33. The molecule has 0 saturated carbocycles. The maximum Gasteiger partial charge on any atom is 0.358 e. The SMILES string of the molecule is CC(F)(F)Cc1ccccc1-c1cc(C(=O)O)no1. The Hall–Kier alpha value is -2.24. The number of carboxylic acid groups (broad SMARTS) is 1. The van der Waals surface area contributed by atoms with Crippen LogP contribution in [-0.2, 0) is 6.42 Å². The number of rotatable bonds is 4. The normalized spacial score (nSPS) is 11.5. The van der Waals surface area contributed by atoms with Crippen molar-refractivity contribution >= 4 is 5.97 Å². The van der Waals surface area contributed by atoms with Gasteiger partial charge in [-0.25, -0.2) is 13.6 Å². The molecule has 0 saturated heterocycles. The topological polar surface area (TPSA) is 63.3 Å². The Labute approximate surface area is 107 Å². The van der Waals surface area contributed by atoms with Gasteiger partial charge in [0.15, 0.2) is 11.5 Å². The molecule has 0 aliphatic rings. The summed E-state index contributed by atoms with van der Waals surface area (Å²) in [6.07, 6.45) is -0.452. The lowest BCUT2D eigenvalue weighted by atomic mass is 10.00. The van der Waals surface area contributed by atoms with E-state index in [0.29, 0.717) is 11.1 Å². The van der Waals surface area contributed by atoms with Gasteiger partial charge in [-0.2, -0.15) is 0 Å². The molecule has 0 atom stereocenters. The number of alkyl halides is 2. The van der Waals surface area contributed by atoms with E-state index in [0.717, 1.165) is 6.92 Å². The fourth-order valence-corrected chi connectivity index (χ4v) is 1.75. The van der Waals surface area contributed by atoms with E-state index >= 15 is 0 Å². The summed E-state index contributed by atoms with van der Waals surface area (Å²) in [5, 5.41) is 12.1. The number of halogens is 2. The molecule has 6 heteroatoms. The third-order valence-electron chi connectivity index (χ3n) is 2.51. The van der Waals surface area contributed by atoms with Crippen LogP contribution >= 0.6 is 0 Å². The van der Waals surface area contributed by atoms with Crippen molar-refractivity contribution in [1.29, 1.82) is 0 Å². The lowest BCUT2D eigenvalue weighted by Gasteiger charge is -2.12. The van der Waals surface area contributed by atoms with Crippen LogP contribution in [0.15, 0.2) is 34.9 Å². The third-order valence-corrected chi connectivity index (χ3v) is 2.51. The van der Waals surface area contributed by atoms with Crippen LogP contribution in [0.5, 0.6) is 0 Å². The minimum absolute atomic E-state index is 0.164. The van der Waals surface area contributed by atoms with Crippen LogP contribution in [0, 0.1) is 0 Å². The molecule has 0 bridgehead atoms. The van der Waals surface area contributed by atoms with Gasteiger partial charge < -0.3 is 9.63 Å². The molecule has 1 aromatic heterocycles. The van der Waals surface area contributed by atoms with E-state index in [1.807, 2.05) is 0 Å². The van der Waals surface area contributed by atoms with E-state index in [-0.39, 0.29) is 11.5 Å². The van der Waals surface area contributed by atoms with E-state index in [2.05, 4.69) is 5.16 Å². The van der Waals surface area contributed by atoms with Crippen LogP contribution in [0.1, 0.15) is 23.0 Å². The summed E-state index contributed by atoms with van der Waals surface area (Å²) in [5.41, 5.74) is 0.542. The highest BCUT2D eigenvalue weighted by Gasteiger charge is 2.24. The lowest BCUT2D eigenvalue weighted by Crippen LogP contribution is -2.14. The Balaban J connectivity index is 2.41. The van der Waals surface area contributed by atoms with E-state index in [4.69, 9.17) is 9.63 Å². The minimum Gasteiger partial charge on any atom is -0.476 e. The first-order valence-corrected chi connectivity index (χ1v) is 5.53. The molecule has 0 radical (unpaired) electrons. The first kappa shape index (κ1) is 13.2. The second-order valence-corrected chi connectivity index (χ2v) is 4.29. The lowest BCUT2D eigenvalue weighted by molar-refractivity contribution is 0.0227. The van der Waals surface area contributed by atoms with Crippen molar-refractivity contribution in [3.05, 3.63) is 41.6 Å². The number of benzene rings is 1. The molecule has 0 aliphatic carbocycles. The number of aromatic nitrogens is 1. The molecule has 1 heterocycles. The van der Waals surface area contributed by atoms with Gasteiger partial charge in [0, 0.05) is 18.1 Å². The highest BCUT2D eigenvalue weighted by Crippen LogP contribution is 2.29. The minimum atomic E-state index is -2.86. The van der Waals surface area contributed by atoms with Crippen molar-refractivity contribution in [2.24, 2.45) is 0 Å². The molecule has 2 rings (SSSR count). The third kappa shape index (κ3) is 3.15. The summed E-state index contributed by atoms with van der Waals surface area (Å²) >= 11 is 0. The summed E-state index contributed by atoms with van der Waals surface area (Å²) in [4.78, 5) is 10.7. The van der Waals surface area contributed by atoms with Gasteiger partial charge >= 0.3 is 5.97 Å². The molecule has 1 N–H and O–H groups in total. The molecular weight excluding hydrogens is 256 g/mol.